The molecule has 0 aromatic heterocycles. The monoisotopic (exact) mass is 253 g/mol. The van der Waals surface area contributed by atoms with Crippen molar-refractivity contribution in [3.8, 4) is 0 Å². The van der Waals surface area contributed by atoms with Crippen molar-refractivity contribution in [1.82, 2.24) is 0 Å². The Morgan fingerprint density at radius 3 is 2.41 bits per heavy atom. The molecule has 1 amide bonds. The van der Waals surface area contributed by atoms with Gasteiger partial charge in [-0.05, 0) is 39.3 Å². The highest BCUT2D eigenvalue weighted by molar-refractivity contribution is 6.20. The SMILES string of the molecule is Cc1ccc(N(C)C(=O)C(C)(C)CCl)c(C)c1. The van der Waals surface area contributed by atoms with Gasteiger partial charge in [-0.15, -0.1) is 11.6 Å². The third-order valence-electron chi connectivity index (χ3n) is 2.93. The maximum absolute atomic E-state index is 12.3. The number of benzene rings is 1. The molecule has 0 saturated carbocycles. The zero-order valence-corrected chi connectivity index (χ0v) is 11.9. The number of hydrogen-bond donors (Lipinski definition) is 0. The normalized spacial score (nSPS) is 11.4. The summed E-state index contributed by atoms with van der Waals surface area (Å²) in [5.74, 6) is 0.362. The van der Waals surface area contributed by atoms with Gasteiger partial charge in [-0.3, -0.25) is 4.79 Å². The van der Waals surface area contributed by atoms with E-state index in [0.29, 0.717) is 5.88 Å². The molecule has 1 aromatic carbocycles. The maximum Gasteiger partial charge on any atom is 0.233 e. The van der Waals surface area contributed by atoms with E-state index in [1.807, 2.05) is 39.8 Å². The van der Waals surface area contributed by atoms with E-state index in [9.17, 15) is 4.79 Å². The first kappa shape index (κ1) is 14.0. The van der Waals surface area contributed by atoms with Crippen molar-refractivity contribution in [3.05, 3.63) is 29.3 Å². The molecule has 0 radical (unpaired) electrons. The summed E-state index contributed by atoms with van der Waals surface area (Å²) >= 11 is 5.84. The number of carbonyl (C=O) groups excluding carboxylic acids is 1. The third kappa shape index (κ3) is 3.01. The van der Waals surface area contributed by atoms with E-state index in [0.717, 1.165) is 11.3 Å². The lowest BCUT2D eigenvalue weighted by molar-refractivity contribution is -0.125. The second-order valence-corrected chi connectivity index (χ2v) is 5.44. The summed E-state index contributed by atoms with van der Waals surface area (Å²) in [7, 11) is 1.80. The molecule has 0 unspecified atom stereocenters. The smallest absolute Gasteiger partial charge is 0.233 e. The standard InChI is InChI=1S/C14H20ClNO/c1-10-6-7-12(11(2)8-10)16(5)13(17)14(3,4)9-15/h6-8H,9H2,1-5H3. The van der Waals surface area contributed by atoms with E-state index in [1.54, 1.807) is 11.9 Å². The van der Waals surface area contributed by atoms with Crippen molar-refractivity contribution in [1.29, 1.82) is 0 Å². The molecule has 3 heteroatoms. The average Bonchev–Trinajstić information content (AvgIpc) is 2.27. The predicted octanol–water partition coefficient (Wildman–Crippen LogP) is 3.53. The van der Waals surface area contributed by atoms with Crippen molar-refractivity contribution in [3.63, 3.8) is 0 Å². The summed E-state index contributed by atoms with van der Waals surface area (Å²) in [6, 6.07) is 6.07. The Balaban J connectivity index is 3.05. The molecule has 0 bridgehead atoms. The molecule has 0 aliphatic heterocycles. The first-order chi connectivity index (χ1) is 7.79. The molecular weight excluding hydrogens is 234 g/mol. The highest BCUT2D eigenvalue weighted by atomic mass is 35.5. The Morgan fingerprint density at radius 1 is 1.35 bits per heavy atom. The van der Waals surface area contributed by atoms with Gasteiger partial charge in [-0.2, -0.15) is 0 Å². The molecule has 1 rings (SSSR count). The summed E-state index contributed by atoms with van der Waals surface area (Å²) in [5.41, 5.74) is 2.71. The molecule has 0 heterocycles. The summed E-state index contributed by atoms with van der Waals surface area (Å²) in [5, 5.41) is 0. The van der Waals surface area contributed by atoms with E-state index < -0.39 is 5.41 Å². The van der Waals surface area contributed by atoms with E-state index in [1.165, 1.54) is 5.56 Å². The van der Waals surface area contributed by atoms with E-state index >= 15 is 0 Å². The Labute approximate surface area is 109 Å². The third-order valence-corrected chi connectivity index (χ3v) is 3.60. The van der Waals surface area contributed by atoms with Crippen LogP contribution in [0.5, 0.6) is 0 Å². The molecule has 0 N–H and O–H groups in total. The quantitative estimate of drug-likeness (QED) is 0.755. The largest absolute Gasteiger partial charge is 0.315 e. The summed E-state index contributed by atoms with van der Waals surface area (Å²) < 4.78 is 0. The number of aryl methyl sites for hydroxylation is 2. The summed E-state index contributed by atoms with van der Waals surface area (Å²) in [6.07, 6.45) is 0. The Kier molecular flexibility index (Phi) is 4.21. The number of carbonyl (C=O) groups is 1. The lowest BCUT2D eigenvalue weighted by Crippen LogP contribution is -2.40. The molecular formula is C14H20ClNO. The van der Waals surface area contributed by atoms with Gasteiger partial charge in [0.05, 0.1) is 5.41 Å². The van der Waals surface area contributed by atoms with Crippen molar-refractivity contribution in [2.75, 3.05) is 17.8 Å². The van der Waals surface area contributed by atoms with Gasteiger partial charge in [0, 0.05) is 18.6 Å². The fraction of sp³-hybridized carbons (Fsp3) is 0.500. The number of amides is 1. The summed E-state index contributed by atoms with van der Waals surface area (Å²) in [4.78, 5) is 14.0. The van der Waals surface area contributed by atoms with Gasteiger partial charge in [0.2, 0.25) is 5.91 Å². The minimum absolute atomic E-state index is 0.0412. The lowest BCUT2D eigenvalue weighted by atomic mass is 9.94. The van der Waals surface area contributed by atoms with Gasteiger partial charge in [0.25, 0.3) is 0 Å². The van der Waals surface area contributed by atoms with Crippen molar-refractivity contribution in [2.45, 2.75) is 27.7 Å². The van der Waals surface area contributed by atoms with Crippen LogP contribution in [0.15, 0.2) is 18.2 Å². The van der Waals surface area contributed by atoms with Gasteiger partial charge in [0.15, 0.2) is 0 Å². The molecule has 17 heavy (non-hydrogen) atoms. The second kappa shape index (κ2) is 5.09. The number of nitrogens with zero attached hydrogens (tertiary/aromatic N) is 1. The number of alkyl halides is 1. The predicted molar refractivity (Wildman–Crippen MR) is 73.8 cm³/mol. The number of rotatable bonds is 3. The van der Waals surface area contributed by atoms with Crippen LogP contribution in [0, 0.1) is 19.3 Å². The van der Waals surface area contributed by atoms with E-state index in [-0.39, 0.29) is 5.91 Å². The molecule has 0 atom stereocenters. The van der Waals surface area contributed by atoms with Crippen LogP contribution in [0.25, 0.3) is 0 Å². The number of anilines is 1. The van der Waals surface area contributed by atoms with Gasteiger partial charge in [0.1, 0.15) is 0 Å². The van der Waals surface area contributed by atoms with Gasteiger partial charge < -0.3 is 4.90 Å². The number of hydrogen-bond acceptors (Lipinski definition) is 1. The Hall–Kier alpha value is -1.02. The highest BCUT2D eigenvalue weighted by Gasteiger charge is 2.30. The minimum atomic E-state index is -0.534. The molecule has 94 valence electrons. The first-order valence-corrected chi connectivity index (χ1v) is 6.24. The topological polar surface area (TPSA) is 20.3 Å². The first-order valence-electron chi connectivity index (χ1n) is 5.71. The Morgan fingerprint density at radius 2 is 1.94 bits per heavy atom. The second-order valence-electron chi connectivity index (χ2n) is 5.17. The fourth-order valence-electron chi connectivity index (χ4n) is 1.80. The van der Waals surface area contributed by atoms with Crippen LogP contribution in [0.3, 0.4) is 0 Å². The van der Waals surface area contributed by atoms with Gasteiger partial charge in [-0.25, -0.2) is 0 Å². The number of halogens is 1. The molecule has 1 aromatic rings. The molecule has 0 aliphatic carbocycles. The average molecular weight is 254 g/mol. The Bertz CT molecular complexity index is 426. The molecule has 0 aliphatic rings. The molecule has 2 nitrogen and oxygen atoms in total. The summed E-state index contributed by atoms with van der Waals surface area (Å²) in [6.45, 7) is 7.78. The minimum Gasteiger partial charge on any atom is -0.315 e. The zero-order valence-electron chi connectivity index (χ0n) is 11.2. The van der Waals surface area contributed by atoms with E-state index in [2.05, 4.69) is 6.07 Å². The highest BCUT2D eigenvalue weighted by Crippen LogP contribution is 2.26. The zero-order chi connectivity index (χ0) is 13.2. The van der Waals surface area contributed by atoms with Crippen molar-refractivity contribution in [2.24, 2.45) is 5.41 Å². The van der Waals surface area contributed by atoms with Crippen LogP contribution in [0.4, 0.5) is 5.69 Å². The van der Waals surface area contributed by atoms with Crippen molar-refractivity contribution < 1.29 is 4.79 Å². The lowest BCUT2D eigenvalue weighted by Gasteiger charge is -2.28. The van der Waals surface area contributed by atoms with Crippen LogP contribution in [0.1, 0.15) is 25.0 Å². The molecule has 0 fully saturated rings. The van der Waals surface area contributed by atoms with Crippen LogP contribution < -0.4 is 4.90 Å². The van der Waals surface area contributed by atoms with Crippen LogP contribution in [-0.2, 0) is 4.79 Å². The van der Waals surface area contributed by atoms with Crippen LogP contribution >= 0.6 is 11.6 Å². The van der Waals surface area contributed by atoms with Gasteiger partial charge in [-0.1, -0.05) is 17.7 Å². The fourth-order valence-corrected chi connectivity index (χ4v) is 1.92. The van der Waals surface area contributed by atoms with Crippen LogP contribution in [0.2, 0.25) is 0 Å². The van der Waals surface area contributed by atoms with E-state index in [4.69, 9.17) is 11.6 Å². The van der Waals surface area contributed by atoms with Crippen LogP contribution in [-0.4, -0.2) is 18.8 Å². The molecule has 0 saturated heterocycles. The van der Waals surface area contributed by atoms with Gasteiger partial charge >= 0.3 is 0 Å². The maximum atomic E-state index is 12.3. The molecule has 0 spiro atoms. The van der Waals surface area contributed by atoms with Crippen molar-refractivity contribution >= 4 is 23.2 Å².